The van der Waals surface area contributed by atoms with E-state index in [0.29, 0.717) is 6.20 Å². The highest BCUT2D eigenvalue weighted by Crippen LogP contribution is 2.30. The first-order valence-electron chi connectivity index (χ1n) is 4.73. The van der Waals surface area contributed by atoms with E-state index in [-0.39, 0.29) is 12.2 Å². The van der Waals surface area contributed by atoms with Crippen LogP contribution in [0.25, 0.3) is 0 Å². The standard InChI is InChI=1S/C10H9ClF3NO2/c1-2-17-7(16)3-5-8(11)6(9(12)13)4-15-10(5)14/h4,9H,2-3H2,1H3. The van der Waals surface area contributed by atoms with Crippen LogP contribution in [0.5, 0.6) is 0 Å². The fraction of sp³-hybridized carbons (Fsp3) is 0.400. The molecule has 0 spiro atoms. The number of alkyl halides is 2. The Hall–Kier alpha value is -1.30. The van der Waals surface area contributed by atoms with E-state index in [1.54, 1.807) is 6.92 Å². The Kier molecular flexibility index (Phi) is 4.74. The molecular formula is C10H9ClF3NO2. The summed E-state index contributed by atoms with van der Waals surface area (Å²) < 4.78 is 42.7. The molecule has 1 aromatic heterocycles. The van der Waals surface area contributed by atoms with Gasteiger partial charge < -0.3 is 4.74 Å². The van der Waals surface area contributed by atoms with E-state index in [1.807, 2.05) is 0 Å². The van der Waals surface area contributed by atoms with Gasteiger partial charge in [0, 0.05) is 11.8 Å². The lowest BCUT2D eigenvalue weighted by molar-refractivity contribution is -0.142. The van der Waals surface area contributed by atoms with Gasteiger partial charge in [-0.1, -0.05) is 11.6 Å². The van der Waals surface area contributed by atoms with E-state index in [0.717, 1.165) is 0 Å². The molecule has 0 radical (unpaired) electrons. The van der Waals surface area contributed by atoms with E-state index in [2.05, 4.69) is 9.72 Å². The molecule has 0 atom stereocenters. The summed E-state index contributed by atoms with van der Waals surface area (Å²) in [5.41, 5.74) is -0.977. The smallest absolute Gasteiger partial charge is 0.310 e. The highest BCUT2D eigenvalue weighted by molar-refractivity contribution is 6.32. The average molecular weight is 268 g/mol. The highest BCUT2D eigenvalue weighted by Gasteiger charge is 2.21. The third-order valence-corrected chi connectivity index (χ3v) is 2.39. The van der Waals surface area contributed by atoms with Gasteiger partial charge in [-0.2, -0.15) is 4.39 Å². The van der Waals surface area contributed by atoms with Gasteiger partial charge >= 0.3 is 5.97 Å². The maximum Gasteiger partial charge on any atom is 0.310 e. The largest absolute Gasteiger partial charge is 0.466 e. The minimum Gasteiger partial charge on any atom is -0.466 e. The fourth-order valence-electron chi connectivity index (χ4n) is 1.18. The number of halogens is 4. The van der Waals surface area contributed by atoms with Crippen LogP contribution in [0.4, 0.5) is 13.2 Å². The van der Waals surface area contributed by atoms with Crippen LogP contribution in [-0.4, -0.2) is 17.6 Å². The predicted octanol–water partition coefficient (Wildman–Crippen LogP) is 2.92. The lowest BCUT2D eigenvalue weighted by Crippen LogP contribution is -2.11. The minimum absolute atomic E-state index is 0.111. The molecule has 94 valence electrons. The summed E-state index contributed by atoms with van der Waals surface area (Å²) in [4.78, 5) is 14.3. The molecule has 1 rings (SSSR count). The van der Waals surface area contributed by atoms with E-state index in [1.165, 1.54) is 0 Å². The van der Waals surface area contributed by atoms with E-state index in [4.69, 9.17) is 11.6 Å². The Bertz CT molecular complexity index is 426. The number of carbonyl (C=O) groups is 1. The van der Waals surface area contributed by atoms with Crippen LogP contribution in [0.15, 0.2) is 6.20 Å². The van der Waals surface area contributed by atoms with Crippen molar-refractivity contribution in [2.45, 2.75) is 19.8 Å². The number of aromatic nitrogens is 1. The number of esters is 1. The molecule has 0 aromatic carbocycles. The normalized spacial score (nSPS) is 10.7. The zero-order chi connectivity index (χ0) is 13.0. The monoisotopic (exact) mass is 267 g/mol. The van der Waals surface area contributed by atoms with Gasteiger partial charge in [-0.15, -0.1) is 0 Å². The molecule has 0 saturated heterocycles. The van der Waals surface area contributed by atoms with Crippen LogP contribution in [0, 0.1) is 5.95 Å². The number of nitrogens with zero attached hydrogens (tertiary/aromatic N) is 1. The molecule has 0 saturated carbocycles. The third-order valence-electron chi connectivity index (χ3n) is 1.95. The molecule has 3 nitrogen and oxygen atoms in total. The molecule has 1 aromatic rings. The van der Waals surface area contributed by atoms with Crippen molar-refractivity contribution in [2.24, 2.45) is 0 Å². The Balaban J connectivity index is 3.05. The van der Waals surface area contributed by atoms with Crippen LogP contribution >= 0.6 is 11.6 Å². The van der Waals surface area contributed by atoms with Crippen molar-refractivity contribution in [3.8, 4) is 0 Å². The molecule has 0 unspecified atom stereocenters. The molecular weight excluding hydrogens is 259 g/mol. The lowest BCUT2D eigenvalue weighted by Gasteiger charge is -2.09. The summed E-state index contributed by atoms with van der Waals surface area (Å²) in [7, 11) is 0. The quantitative estimate of drug-likeness (QED) is 0.622. The molecule has 0 aliphatic heterocycles. The van der Waals surface area contributed by atoms with Crippen LogP contribution in [0.3, 0.4) is 0 Å². The second-order valence-corrected chi connectivity index (χ2v) is 3.46. The van der Waals surface area contributed by atoms with Crippen LogP contribution < -0.4 is 0 Å². The summed E-state index contributed by atoms with van der Waals surface area (Å²) >= 11 is 5.59. The topological polar surface area (TPSA) is 39.2 Å². The summed E-state index contributed by atoms with van der Waals surface area (Å²) in [6.07, 6.45) is -2.75. The van der Waals surface area contributed by atoms with Gasteiger partial charge in [0.25, 0.3) is 6.43 Å². The third kappa shape index (κ3) is 3.33. The van der Waals surface area contributed by atoms with E-state index >= 15 is 0 Å². The number of hydrogen-bond donors (Lipinski definition) is 0. The predicted molar refractivity (Wildman–Crippen MR) is 54.5 cm³/mol. The number of pyridine rings is 1. The van der Waals surface area contributed by atoms with Gasteiger partial charge in [0.1, 0.15) is 0 Å². The number of rotatable bonds is 4. The zero-order valence-electron chi connectivity index (χ0n) is 8.84. The van der Waals surface area contributed by atoms with Gasteiger partial charge in [-0.05, 0) is 6.92 Å². The first-order valence-corrected chi connectivity index (χ1v) is 5.11. The fourth-order valence-corrected chi connectivity index (χ4v) is 1.46. The van der Waals surface area contributed by atoms with Crippen molar-refractivity contribution in [2.75, 3.05) is 6.61 Å². The van der Waals surface area contributed by atoms with Gasteiger partial charge in [-0.3, -0.25) is 4.79 Å². The molecule has 0 fully saturated rings. The van der Waals surface area contributed by atoms with Gasteiger partial charge in [0.2, 0.25) is 5.95 Å². The molecule has 17 heavy (non-hydrogen) atoms. The maximum atomic E-state index is 13.2. The van der Waals surface area contributed by atoms with Crippen LogP contribution in [0.2, 0.25) is 5.02 Å². The van der Waals surface area contributed by atoms with Gasteiger partial charge in [0.15, 0.2) is 0 Å². The van der Waals surface area contributed by atoms with Crippen molar-refractivity contribution in [1.29, 1.82) is 0 Å². The molecule has 7 heteroatoms. The summed E-state index contributed by atoms with van der Waals surface area (Å²) in [5, 5.41) is -0.486. The summed E-state index contributed by atoms with van der Waals surface area (Å²) in [6, 6.07) is 0. The van der Waals surface area contributed by atoms with E-state index < -0.39 is 35.3 Å². The maximum absolute atomic E-state index is 13.2. The van der Waals surface area contributed by atoms with Crippen molar-refractivity contribution < 1.29 is 22.7 Å². The Morgan fingerprint density at radius 1 is 1.59 bits per heavy atom. The number of carbonyl (C=O) groups excluding carboxylic acids is 1. The summed E-state index contributed by atoms with van der Waals surface area (Å²) in [5.74, 6) is -1.80. The lowest BCUT2D eigenvalue weighted by atomic mass is 10.1. The van der Waals surface area contributed by atoms with Crippen LogP contribution in [-0.2, 0) is 16.0 Å². The number of ether oxygens (including phenoxy) is 1. The minimum atomic E-state index is -2.88. The first kappa shape index (κ1) is 13.8. The molecule has 0 N–H and O–H groups in total. The Labute approximate surface area is 101 Å². The van der Waals surface area contributed by atoms with Crippen molar-refractivity contribution in [3.05, 3.63) is 28.3 Å². The second-order valence-electron chi connectivity index (χ2n) is 3.08. The van der Waals surface area contributed by atoms with E-state index in [9.17, 15) is 18.0 Å². The Morgan fingerprint density at radius 3 is 2.76 bits per heavy atom. The highest BCUT2D eigenvalue weighted by atomic mass is 35.5. The number of hydrogen-bond acceptors (Lipinski definition) is 3. The molecule has 0 bridgehead atoms. The SMILES string of the molecule is CCOC(=O)Cc1c(F)ncc(C(F)F)c1Cl. The molecule has 0 aliphatic carbocycles. The Morgan fingerprint density at radius 2 is 2.24 bits per heavy atom. The van der Waals surface area contributed by atoms with Crippen molar-refractivity contribution in [3.63, 3.8) is 0 Å². The molecule has 1 heterocycles. The van der Waals surface area contributed by atoms with Gasteiger partial charge in [-0.25, -0.2) is 13.8 Å². The molecule has 0 amide bonds. The average Bonchev–Trinajstić information content (AvgIpc) is 2.24. The second kappa shape index (κ2) is 5.86. The van der Waals surface area contributed by atoms with Crippen molar-refractivity contribution >= 4 is 17.6 Å². The van der Waals surface area contributed by atoms with Crippen molar-refractivity contribution in [1.82, 2.24) is 4.98 Å². The zero-order valence-corrected chi connectivity index (χ0v) is 9.60. The summed E-state index contributed by atoms with van der Waals surface area (Å²) in [6.45, 7) is 1.68. The first-order chi connectivity index (χ1) is 7.97. The molecule has 0 aliphatic rings. The van der Waals surface area contributed by atoms with Gasteiger partial charge in [0.05, 0.1) is 23.6 Å². The van der Waals surface area contributed by atoms with Crippen LogP contribution in [0.1, 0.15) is 24.5 Å².